The molecule has 1 heterocycles. The van der Waals surface area contributed by atoms with Crippen LogP contribution in [-0.2, 0) is 11.3 Å². The molecule has 1 aromatic heterocycles. The Morgan fingerprint density at radius 2 is 2.70 bits per heavy atom. The molecule has 0 aliphatic heterocycles. The van der Waals surface area contributed by atoms with Crippen LogP contribution in [0.2, 0.25) is 0 Å². The van der Waals surface area contributed by atoms with E-state index >= 15 is 0 Å². The molecular formula is C5H6N3O2. The van der Waals surface area contributed by atoms with E-state index in [1.165, 1.54) is 6.92 Å². The highest BCUT2D eigenvalue weighted by molar-refractivity contribution is 5.72. The molecule has 0 fully saturated rings. The Labute approximate surface area is 57.4 Å². The van der Waals surface area contributed by atoms with Crippen molar-refractivity contribution in [2.45, 2.75) is 13.5 Å². The van der Waals surface area contributed by atoms with E-state index in [0.717, 1.165) is 0 Å². The second-order valence-corrected chi connectivity index (χ2v) is 1.70. The van der Waals surface area contributed by atoms with Gasteiger partial charge in [-0.15, -0.1) is 10.2 Å². The molecule has 1 rings (SSSR count). The highest BCUT2D eigenvalue weighted by Crippen LogP contribution is 1.87. The van der Waals surface area contributed by atoms with Crippen LogP contribution in [0, 0.1) is 6.39 Å². The summed E-state index contributed by atoms with van der Waals surface area (Å²) in [5.74, 6) is 0.230. The highest BCUT2D eigenvalue weighted by Gasteiger charge is 1.97. The summed E-state index contributed by atoms with van der Waals surface area (Å²) in [4.78, 5) is 10.3. The van der Waals surface area contributed by atoms with Gasteiger partial charge in [-0.1, -0.05) is 0 Å². The molecule has 1 aromatic rings. The highest BCUT2D eigenvalue weighted by atomic mass is 16.4. The second-order valence-electron chi connectivity index (χ2n) is 1.70. The molecule has 53 valence electrons. The molecule has 0 spiro atoms. The smallest absolute Gasteiger partial charge is 0.305 e. The van der Waals surface area contributed by atoms with Crippen LogP contribution in [0.15, 0.2) is 4.42 Å². The van der Waals surface area contributed by atoms with Crippen molar-refractivity contribution in [1.29, 1.82) is 0 Å². The molecule has 10 heavy (non-hydrogen) atoms. The molecule has 5 heteroatoms. The fraction of sp³-hybridized carbons (Fsp3) is 0.400. The Morgan fingerprint density at radius 3 is 3.20 bits per heavy atom. The maximum Gasteiger partial charge on any atom is 0.305 e. The molecule has 0 saturated carbocycles. The number of amides is 1. The first kappa shape index (κ1) is 6.73. The van der Waals surface area contributed by atoms with Gasteiger partial charge in [0, 0.05) is 6.92 Å². The minimum atomic E-state index is -0.127. The summed E-state index contributed by atoms with van der Waals surface area (Å²) in [5, 5.41) is 9.30. The van der Waals surface area contributed by atoms with Crippen LogP contribution >= 0.6 is 0 Å². The van der Waals surface area contributed by atoms with Crippen LogP contribution in [0.25, 0.3) is 0 Å². The molecule has 1 amide bonds. The molecule has 0 aliphatic rings. The van der Waals surface area contributed by atoms with Gasteiger partial charge in [0.15, 0.2) is 0 Å². The van der Waals surface area contributed by atoms with Crippen LogP contribution in [0.4, 0.5) is 0 Å². The van der Waals surface area contributed by atoms with E-state index in [9.17, 15) is 4.79 Å². The molecule has 1 N–H and O–H groups in total. The number of carbonyl (C=O) groups is 1. The fourth-order valence-corrected chi connectivity index (χ4v) is 0.441. The average molecular weight is 140 g/mol. The summed E-state index contributed by atoms with van der Waals surface area (Å²) >= 11 is 0. The third-order valence-corrected chi connectivity index (χ3v) is 0.854. The Kier molecular flexibility index (Phi) is 1.99. The van der Waals surface area contributed by atoms with Gasteiger partial charge in [0.2, 0.25) is 11.8 Å². The predicted molar refractivity (Wildman–Crippen MR) is 30.7 cm³/mol. The molecule has 0 atom stereocenters. The third kappa shape index (κ3) is 1.85. The molecular weight excluding hydrogens is 134 g/mol. The van der Waals surface area contributed by atoms with Crippen LogP contribution in [-0.4, -0.2) is 16.1 Å². The largest absolute Gasteiger partial charge is 0.415 e. The first-order valence-electron chi connectivity index (χ1n) is 2.72. The maximum atomic E-state index is 10.3. The SMILES string of the molecule is CC(=O)NCc1nn[c]o1. The summed E-state index contributed by atoms with van der Waals surface area (Å²) in [5.41, 5.74) is 0. The zero-order chi connectivity index (χ0) is 7.40. The minimum absolute atomic E-state index is 0.127. The lowest BCUT2D eigenvalue weighted by Crippen LogP contribution is -2.18. The van der Waals surface area contributed by atoms with Crippen molar-refractivity contribution in [1.82, 2.24) is 15.5 Å². The Bertz CT molecular complexity index is 207. The standard InChI is InChI=1S/C5H6N3O2/c1-4(9)6-2-5-8-7-3-10-5/h2H2,1H3,(H,6,9). The first-order valence-corrected chi connectivity index (χ1v) is 2.72. The quantitative estimate of drug-likeness (QED) is 0.601. The van der Waals surface area contributed by atoms with Crippen molar-refractivity contribution >= 4 is 5.91 Å². The van der Waals surface area contributed by atoms with Crippen molar-refractivity contribution in [3.8, 4) is 0 Å². The second kappa shape index (κ2) is 2.95. The van der Waals surface area contributed by atoms with Crippen molar-refractivity contribution in [3.63, 3.8) is 0 Å². The van der Waals surface area contributed by atoms with Crippen LogP contribution in [0.5, 0.6) is 0 Å². The monoisotopic (exact) mass is 140 g/mol. The lowest BCUT2D eigenvalue weighted by molar-refractivity contribution is -0.119. The lowest BCUT2D eigenvalue weighted by Gasteiger charge is -1.93. The fourth-order valence-electron chi connectivity index (χ4n) is 0.441. The predicted octanol–water partition coefficient (Wildman–Crippen LogP) is -0.494. The summed E-state index contributed by atoms with van der Waals surface area (Å²) < 4.78 is 4.62. The topological polar surface area (TPSA) is 68.0 Å². The van der Waals surface area contributed by atoms with E-state index in [0.29, 0.717) is 5.89 Å². The van der Waals surface area contributed by atoms with Gasteiger partial charge >= 0.3 is 6.39 Å². The summed E-state index contributed by atoms with van der Waals surface area (Å²) in [6, 6.07) is 0. The van der Waals surface area contributed by atoms with Crippen molar-refractivity contribution in [3.05, 3.63) is 12.3 Å². The Balaban J connectivity index is 2.35. The minimum Gasteiger partial charge on any atom is -0.415 e. The van der Waals surface area contributed by atoms with E-state index < -0.39 is 0 Å². The zero-order valence-corrected chi connectivity index (χ0v) is 5.42. The maximum absolute atomic E-state index is 10.3. The number of nitrogens with one attached hydrogen (secondary N) is 1. The Morgan fingerprint density at radius 1 is 1.90 bits per heavy atom. The van der Waals surface area contributed by atoms with Gasteiger partial charge in [0.05, 0.1) is 6.54 Å². The number of hydrogen-bond donors (Lipinski definition) is 1. The van der Waals surface area contributed by atoms with Gasteiger partial charge < -0.3 is 9.73 Å². The number of rotatable bonds is 2. The van der Waals surface area contributed by atoms with Gasteiger partial charge in [0.1, 0.15) is 0 Å². The van der Waals surface area contributed by atoms with E-state index in [1.54, 1.807) is 0 Å². The molecule has 0 aliphatic carbocycles. The van der Waals surface area contributed by atoms with E-state index in [2.05, 4.69) is 26.3 Å². The molecule has 5 nitrogen and oxygen atoms in total. The van der Waals surface area contributed by atoms with Crippen molar-refractivity contribution in [2.75, 3.05) is 0 Å². The first-order chi connectivity index (χ1) is 4.79. The molecule has 0 bridgehead atoms. The molecule has 0 saturated heterocycles. The Hall–Kier alpha value is -1.39. The number of hydrogen-bond acceptors (Lipinski definition) is 4. The molecule has 1 radical (unpaired) electrons. The van der Waals surface area contributed by atoms with Crippen LogP contribution in [0.1, 0.15) is 12.8 Å². The van der Waals surface area contributed by atoms with Crippen molar-refractivity contribution in [2.24, 2.45) is 0 Å². The molecule has 0 unspecified atom stereocenters. The molecule has 0 aromatic carbocycles. The number of carbonyl (C=O) groups excluding carboxylic acids is 1. The summed E-state index contributed by atoms with van der Waals surface area (Å²) in [6.07, 6.45) is 2.17. The summed E-state index contributed by atoms with van der Waals surface area (Å²) in [7, 11) is 0. The van der Waals surface area contributed by atoms with Crippen LogP contribution in [0.3, 0.4) is 0 Å². The van der Waals surface area contributed by atoms with Gasteiger partial charge in [-0.25, -0.2) is 0 Å². The van der Waals surface area contributed by atoms with E-state index in [4.69, 9.17) is 0 Å². The normalized spacial score (nSPS) is 9.30. The van der Waals surface area contributed by atoms with E-state index in [1.807, 2.05) is 0 Å². The van der Waals surface area contributed by atoms with Crippen LogP contribution < -0.4 is 5.32 Å². The van der Waals surface area contributed by atoms with Gasteiger partial charge in [-0.2, -0.15) is 0 Å². The number of nitrogens with zero attached hydrogens (tertiary/aromatic N) is 2. The van der Waals surface area contributed by atoms with Crippen molar-refractivity contribution < 1.29 is 9.21 Å². The number of aromatic nitrogens is 2. The lowest BCUT2D eigenvalue weighted by atomic mass is 10.6. The van der Waals surface area contributed by atoms with E-state index in [-0.39, 0.29) is 12.5 Å². The van der Waals surface area contributed by atoms with Gasteiger partial charge in [-0.05, 0) is 0 Å². The van der Waals surface area contributed by atoms with Gasteiger partial charge in [0.25, 0.3) is 0 Å². The van der Waals surface area contributed by atoms with Gasteiger partial charge in [-0.3, -0.25) is 4.79 Å². The zero-order valence-electron chi connectivity index (χ0n) is 5.42. The average Bonchev–Trinajstić information content (AvgIpc) is 2.34. The third-order valence-electron chi connectivity index (χ3n) is 0.854. The summed E-state index contributed by atoms with van der Waals surface area (Å²) in [6.45, 7) is 1.69.